The van der Waals surface area contributed by atoms with Crippen LogP contribution in [-0.4, -0.2) is 21.1 Å². The maximum absolute atomic E-state index is 5.87. The Labute approximate surface area is 144 Å². The van der Waals surface area contributed by atoms with Crippen LogP contribution in [-0.2, 0) is 5.75 Å². The van der Waals surface area contributed by atoms with Crippen LogP contribution in [0.25, 0.3) is 0 Å². The van der Waals surface area contributed by atoms with E-state index in [4.69, 9.17) is 16.0 Å². The van der Waals surface area contributed by atoms with Gasteiger partial charge in [-0.2, -0.15) is 9.78 Å². The van der Waals surface area contributed by atoms with E-state index < -0.39 is 0 Å². The van der Waals surface area contributed by atoms with E-state index in [0.29, 0.717) is 15.6 Å². The Morgan fingerprint density at radius 1 is 1.27 bits per heavy atom. The fourth-order valence-corrected chi connectivity index (χ4v) is 2.90. The topological polar surface area (TPSA) is 56.2 Å². The highest BCUT2D eigenvalue weighted by Crippen LogP contribution is 2.21. The minimum absolute atomic E-state index is 0.647. The quantitative estimate of drug-likeness (QED) is 0.471. The second-order valence-electron chi connectivity index (χ2n) is 4.26. The third-order valence-electron chi connectivity index (χ3n) is 2.68. The Kier molecular flexibility index (Phi) is 4.97. The molecular formula is C14H10BrClN4OS. The molecule has 3 rings (SSSR count). The summed E-state index contributed by atoms with van der Waals surface area (Å²) < 4.78 is 7.63. The first kappa shape index (κ1) is 15.3. The van der Waals surface area contributed by atoms with Crippen molar-refractivity contribution in [1.29, 1.82) is 0 Å². The summed E-state index contributed by atoms with van der Waals surface area (Å²) in [6.07, 6.45) is 3.17. The van der Waals surface area contributed by atoms with Gasteiger partial charge in [0, 0.05) is 10.8 Å². The van der Waals surface area contributed by atoms with Crippen LogP contribution in [0.3, 0.4) is 0 Å². The lowest BCUT2D eigenvalue weighted by Gasteiger charge is -2.01. The minimum Gasteiger partial charge on any atom is -0.448 e. The smallest absolute Gasteiger partial charge is 0.212 e. The highest BCUT2D eigenvalue weighted by Gasteiger charge is 2.05. The van der Waals surface area contributed by atoms with E-state index in [-0.39, 0.29) is 0 Å². The molecule has 1 aromatic carbocycles. The van der Waals surface area contributed by atoms with E-state index in [0.717, 1.165) is 16.3 Å². The average Bonchev–Trinajstić information content (AvgIpc) is 3.13. The van der Waals surface area contributed by atoms with Gasteiger partial charge in [0.25, 0.3) is 0 Å². The molecule has 0 N–H and O–H groups in total. The van der Waals surface area contributed by atoms with Crippen molar-refractivity contribution < 1.29 is 4.42 Å². The Hall–Kier alpha value is -1.57. The van der Waals surface area contributed by atoms with Crippen LogP contribution in [0, 0.1) is 0 Å². The molecule has 0 atom stereocenters. The minimum atomic E-state index is 0.647. The van der Waals surface area contributed by atoms with Gasteiger partial charge in [-0.1, -0.05) is 35.5 Å². The van der Waals surface area contributed by atoms with Gasteiger partial charge in [-0.25, -0.2) is 0 Å². The number of rotatable bonds is 5. The van der Waals surface area contributed by atoms with Gasteiger partial charge < -0.3 is 4.42 Å². The molecule has 0 amide bonds. The first-order valence-corrected chi connectivity index (χ1v) is 8.43. The van der Waals surface area contributed by atoms with E-state index in [9.17, 15) is 0 Å². The van der Waals surface area contributed by atoms with Crippen LogP contribution in [0.4, 0.5) is 0 Å². The molecule has 0 spiro atoms. The van der Waals surface area contributed by atoms with Crippen LogP contribution in [0.15, 0.2) is 62.1 Å². The van der Waals surface area contributed by atoms with Crippen molar-refractivity contribution in [3.8, 4) is 0 Å². The molecule has 3 aromatic rings. The zero-order valence-corrected chi connectivity index (χ0v) is 14.3. The summed E-state index contributed by atoms with van der Waals surface area (Å²) >= 11 is 10.7. The molecule has 0 unspecified atom stereocenters. The molecule has 0 aliphatic carbocycles. The predicted octanol–water partition coefficient (Wildman–Crippen LogP) is 4.46. The number of thioether (sulfide) groups is 1. The largest absolute Gasteiger partial charge is 0.448 e. The molecule has 2 heterocycles. The lowest BCUT2D eigenvalue weighted by Crippen LogP contribution is -1.92. The molecule has 0 fully saturated rings. The molecule has 0 aliphatic heterocycles. The Bertz CT molecular complexity index is 784. The Morgan fingerprint density at radius 3 is 2.82 bits per heavy atom. The highest BCUT2D eigenvalue weighted by molar-refractivity contribution is 9.10. The fraction of sp³-hybridized carbons (Fsp3) is 0.0714. The van der Waals surface area contributed by atoms with Crippen molar-refractivity contribution in [2.45, 2.75) is 10.9 Å². The summed E-state index contributed by atoms with van der Waals surface area (Å²) in [5.41, 5.74) is 1.16. The molecule has 2 aromatic heterocycles. The first-order chi connectivity index (χ1) is 10.7. The lowest BCUT2D eigenvalue weighted by molar-refractivity contribution is 0.533. The van der Waals surface area contributed by atoms with E-state index in [1.165, 1.54) is 0 Å². The van der Waals surface area contributed by atoms with E-state index in [1.54, 1.807) is 29.0 Å². The van der Waals surface area contributed by atoms with Gasteiger partial charge in [0.15, 0.2) is 4.67 Å². The van der Waals surface area contributed by atoms with Gasteiger partial charge in [0.2, 0.25) is 5.16 Å². The maximum atomic E-state index is 5.87. The molecule has 0 saturated heterocycles. The zero-order chi connectivity index (χ0) is 15.4. The van der Waals surface area contributed by atoms with E-state index in [1.807, 2.05) is 36.4 Å². The summed E-state index contributed by atoms with van der Waals surface area (Å²) in [6, 6.07) is 11.3. The van der Waals surface area contributed by atoms with E-state index in [2.05, 4.69) is 31.2 Å². The molecular weight excluding hydrogens is 388 g/mol. The Morgan fingerprint density at radius 2 is 2.09 bits per heavy atom. The van der Waals surface area contributed by atoms with Gasteiger partial charge in [0.1, 0.15) is 12.1 Å². The number of nitrogens with zero attached hydrogens (tertiary/aromatic N) is 4. The number of aromatic nitrogens is 3. The van der Waals surface area contributed by atoms with Gasteiger partial charge in [-0.15, -0.1) is 10.2 Å². The van der Waals surface area contributed by atoms with Gasteiger partial charge in [-0.3, -0.25) is 0 Å². The van der Waals surface area contributed by atoms with Crippen molar-refractivity contribution in [2.75, 3.05) is 0 Å². The number of benzene rings is 1. The predicted molar refractivity (Wildman–Crippen MR) is 90.4 cm³/mol. The third-order valence-corrected chi connectivity index (χ3v) is 4.37. The summed E-state index contributed by atoms with van der Waals surface area (Å²) in [7, 11) is 0. The molecule has 0 aliphatic rings. The number of furan rings is 1. The van der Waals surface area contributed by atoms with Gasteiger partial charge in [-0.05, 0) is 45.8 Å². The molecule has 0 saturated carbocycles. The molecule has 8 heteroatoms. The van der Waals surface area contributed by atoms with Gasteiger partial charge >= 0.3 is 0 Å². The second-order valence-corrected chi connectivity index (χ2v) is 6.42. The van der Waals surface area contributed by atoms with Crippen LogP contribution in [0.1, 0.15) is 11.3 Å². The first-order valence-electron chi connectivity index (χ1n) is 6.28. The molecule has 0 bridgehead atoms. The standard InChI is InChI=1S/C14H10BrClN4OS/c15-13-6-5-12(21-13)7-18-20-9-17-19-14(20)22-8-10-1-3-11(16)4-2-10/h1-7,9H,8H2/b18-7-. The summed E-state index contributed by atoms with van der Waals surface area (Å²) in [6.45, 7) is 0. The summed E-state index contributed by atoms with van der Waals surface area (Å²) in [5, 5.41) is 13.7. The summed E-state index contributed by atoms with van der Waals surface area (Å²) in [5.74, 6) is 1.41. The summed E-state index contributed by atoms with van der Waals surface area (Å²) in [4.78, 5) is 0. The van der Waals surface area contributed by atoms with Crippen molar-refractivity contribution in [3.05, 3.63) is 63.7 Å². The van der Waals surface area contributed by atoms with Gasteiger partial charge in [0.05, 0.1) is 6.21 Å². The maximum Gasteiger partial charge on any atom is 0.212 e. The van der Waals surface area contributed by atoms with Crippen molar-refractivity contribution in [3.63, 3.8) is 0 Å². The van der Waals surface area contributed by atoms with Crippen molar-refractivity contribution in [2.24, 2.45) is 5.10 Å². The van der Waals surface area contributed by atoms with Crippen molar-refractivity contribution in [1.82, 2.24) is 14.9 Å². The normalized spacial score (nSPS) is 11.4. The number of hydrogen-bond acceptors (Lipinski definition) is 5. The second kappa shape index (κ2) is 7.13. The lowest BCUT2D eigenvalue weighted by atomic mass is 10.2. The monoisotopic (exact) mass is 396 g/mol. The highest BCUT2D eigenvalue weighted by atomic mass is 79.9. The third kappa shape index (κ3) is 4.00. The Balaban J connectivity index is 1.67. The molecule has 5 nitrogen and oxygen atoms in total. The zero-order valence-electron chi connectivity index (χ0n) is 11.2. The molecule has 22 heavy (non-hydrogen) atoms. The van der Waals surface area contributed by atoms with Crippen LogP contribution in [0.5, 0.6) is 0 Å². The number of halogens is 2. The molecule has 0 radical (unpaired) electrons. The van der Waals surface area contributed by atoms with Crippen LogP contribution >= 0.6 is 39.3 Å². The fourth-order valence-electron chi connectivity index (χ4n) is 1.64. The number of hydrogen-bond donors (Lipinski definition) is 0. The van der Waals surface area contributed by atoms with E-state index >= 15 is 0 Å². The van der Waals surface area contributed by atoms with Crippen LogP contribution < -0.4 is 0 Å². The average molecular weight is 398 g/mol. The molecule has 112 valence electrons. The SMILES string of the molecule is Clc1ccc(CSc2nncn2/N=C\c2ccc(Br)o2)cc1. The van der Waals surface area contributed by atoms with Crippen molar-refractivity contribution >= 4 is 45.5 Å². The van der Waals surface area contributed by atoms with Crippen LogP contribution in [0.2, 0.25) is 5.02 Å².